The predicted molar refractivity (Wildman–Crippen MR) is 123 cm³/mol. The van der Waals surface area contributed by atoms with Crippen LogP contribution in [0.5, 0.6) is 0 Å². The standard InChI is InChI=1S/C19H32N6O2.HI/c1-24(2)18(26)15-23-19(21-10-13-27-3)22-14-16-6-11-25(12-7-16)17-4-8-20-9-5-17;/h4-5,8-9,16H,6-7,10-15H2,1-3H3,(H2,21,22,23);1H. The van der Waals surface area contributed by atoms with Gasteiger partial charge in [-0.05, 0) is 30.9 Å². The number of pyridine rings is 1. The first kappa shape index (κ1) is 24.4. The number of aromatic nitrogens is 1. The summed E-state index contributed by atoms with van der Waals surface area (Å²) in [5.41, 5.74) is 1.24. The molecule has 8 nitrogen and oxygen atoms in total. The Morgan fingerprint density at radius 2 is 1.96 bits per heavy atom. The molecular formula is C19H33IN6O2. The number of hydrogen-bond donors (Lipinski definition) is 2. The summed E-state index contributed by atoms with van der Waals surface area (Å²) < 4.78 is 5.07. The number of aliphatic imine (C=N–C) groups is 1. The molecule has 1 aromatic rings. The molecule has 28 heavy (non-hydrogen) atoms. The fourth-order valence-corrected chi connectivity index (χ4v) is 2.93. The number of carbonyl (C=O) groups excluding carboxylic acids is 1. The Labute approximate surface area is 185 Å². The molecule has 1 aliphatic heterocycles. The van der Waals surface area contributed by atoms with E-state index in [9.17, 15) is 4.79 Å². The molecule has 0 aromatic carbocycles. The highest BCUT2D eigenvalue weighted by Crippen LogP contribution is 2.22. The number of nitrogens with zero attached hydrogens (tertiary/aromatic N) is 4. The van der Waals surface area contributed by atoms with Gasteiger partial charge >= 0.3 is 0 Å². The highest BCUT2D eigenvalue weighted by molar-refractivity contribution is 14.0. The monoisotopic (exact) mass is 504 g/mol. The minimum Gasteiger partial charge on any atom is -0.383 e. The first-order valence-electron chi connectivity index (χ1n) is 9.46. The Morgan fingerprint density at radius 3 is 2.57 bits per heavy atom. The molecular weight excluding hydrogens is 471 g/mol. The van der Waals surface area contributed by atoms with Gasteiger partial charge in [0.2, 0.25) is 5.91 Å². The first-order chi connectivity index (χ1) is 13.1. The lowest BCUT2D eigenvalue weighted by atomic mass is 9.96. The number of guanidine groups is 1. The summed E-state index contributed by atoms with van der Waals surface area (Å²) in [7, 11) is 5.14. The number of halogens is 1. The van der Waals surface area contributed by atoms with Crippen LogP contribution in [0.2, 0.25) is 0 Å². The average molecular weight is 504 g/mol. The van der Waals surface area contributed by atoms with Crippen molar-refractivity contribution in [2.45, 2.75) is 12.8 Å². The van der Waals surface area contributed by atoms with Gasteiger partial charge in [0.1, 0.15) is 6.54 Å². The lowest BCUT2D eigenvalue weighted by Crippen LogP contribution is -2.44. The zero-order valence-corrected chi connectivity index (χ0v) is 19.4. The summed E-state index contributed by atoms with van der Waals surface area (Å²) in [4.78, 5) is 24.2. The largest absolute Gasteiger partial charge is 0.383 e. The van der Waals surface area contributed by atoms with E-state index in [2.05, 4.69) is 37.6 Å². The maximum absolute atomic E-state index is 11.8. The summed E-state index contributed by atoms with van der Waals surface area (Å²) in [6.07, 6.45) is 5.92. The third-order valence-electron chi connectivity index (χ3n) is 4.67. The Morgan fingerprint density at radius 1 is 1.29 bits per heavy atom. The average Bonchev–Trinajstić information content (AvgIpc) is 2.70. The van der Waals surface area contributed by atoms with Gasteiger partial charge in [-0.15, -0.1) is 24.0 Å². The Bertz CT molecular complexity index is 591. The third-order valence-corrected chi connectivity index (χ3v) is 4.67. The second kappa shape index (κ2) is 13.5. The highest BCUT2D eigenvalue weighted by atomic mass is 127. The van der Waals surface area contributed by atoms with Crippen LogP contribution < -0.4 is 15.5 Å². The van der Waals surface area contributed by atoms with Crippen molar-refractivity contribution in [1.82, 2.24) is 20.5 Å². The summed E-state index contributed by atoms with van der Waals surface area (Å²) in [6, 6.07) is 4.12. The van der Waals surface area contributed by atoms with Crippen LogP contribution in [-0.2, 0) is 9.53 Å². The number of hydrogen-bond acceptors (Lipinski definition) is 5. The van der Waals surface area contributed by atoms with E-state index in [0.717, 1.165) is 32.5 Å². The molecule has 9 heteroatoms. The molecule has 158 valence electrons. The molecule has 0 bridgehead atoms. The van der Waals surface area contributed by atoms with Gasteiger partial charge in [-0.3, -0.25) is 9.78 Å². The van der Waals surface area contributed by atoms with Crippen LogP contribution in [0.15, 0.2) is 29.5 Å². The van der Waals surface area contributed by atoms with Gasteiger partial charge < -0.3 is 25.2 Å². The summed E-state index contributed by atoms with van der Waals surface area (Å²) in [6.45, 7) is 4.30. The van der Waals surface area contributed by atoms with Gasteiger partial charge in [0, 0.05) is 65.5 Å². The second-order valence-electron chi connectivity index (χ2n) is 6.89. The van der Waals surface area contributed by atoms with E-state index in [0.29, 0.717) is 25.0 Å². The van der Waals surface area contributed by atoms with Gasteiger partial charge in [0.15, 0.2) is 5.96 Å². The van der Waals surface area contributed by atoms with E-state index in [-0.39, 0.29) is 36.4 Å². The number of carbonyl (C=O) groups is 1. The van der Waals surface area contributed by atoms with E-state index in [1.165, 1.54) is 5.69 Å². The second-order valence-corrected chi connectivity index (χ2v) is 6.89. The van der Waals surface area contributed by atoms with Gasteiger partial charge in [0.25, 0.3) is 0 Å². The molecule has 0 atom stereocenters. The third kappa shape index (κ3) is 8.59. The lowest BCUT2D eigenvalue weighted by molar-refractivity contribution is -0.127. The van der Waals surface area contributed by atoms with Crippen LogP contribution in [0, 0.1) is 5.92 Å². The van der Waals surface area contributed by atoms with Gasteiger partial charge in [0.05, 0.1) is 6.61 Å². The molecule has 0 spiro atoms. The molecule has 2 N–H and O–H groups in total. The molecule has 0 aliphatic carbocycles. The molecule has 2 heterocycles. The maximum atomic E-state index is 11.8. The molecule has 1 aromatic heterocycles. The van der Waals surface area contributed by atoms with Crippen molar-refractivity contribution < 1.29 is 9.53 Å². The zero-order valence-electron chi connectivity index (χ0n) is 17.1. The fourth-order valence-electron chi connectivity index (χ4n) is 2.93. The SMILES string of the molecule is COCCNC(=NCC(=O)N(C)C)NCC1CCN(c2ccncc2)CC1.I. The highest BCUT2D eigenvalue weighted by Gasteiger charge is 2.19. The summed E-state index contributed by atoms with van der Waals surface area (Å²) >= 11 is 0. The van der Waals surface area contributed by atoms with Crippen LogP contribution in [0.4, 0.5) is 5.69 Å². The number of piperidine rings is 1. The van der Waals surface area contributed by atoms with Crippen LogP contribution >= 0.6 is 24.0 Å². The maximum Gasteiger partial charge on any atom is 0.243 e. The van der Waals surface area contributed by atoms with Crippen molar-refractivity contribution in [3.8, 4) is 0 Å². The molecule has 1 saturated heterocycles. The van der Waals surface area contributed by atoms with E-state index in [1.807, 2.05) is 12.4 Å². The molecule has 0 radical (unpaired) electrons. The van der Waals surface area contributed by atoms with Crippen molar-refractivity contribution in [2.75, 3.05) is 65.4 Å². The lowest BCUT2D eigenvalue weighted by Gasteiger charge is -2.33. The van der Waals surface area contributed by atoms with Crippen LogP contribution in [0.25, 0.3) is 0 Å². The minimum atomic E-state index is -0.0199. The zero-order chi connectivity index (χ0) is 19.5. The van der Waals surface area contributed by atoms with Crippen molar-refractivity contribution >= 4 is 41.5 Å². The van der Waals surface area contributed by atoms with Crippen LogP contribution in [0.3, 0.4) is 0 Å². The smallest absolute Gasteiger partial charge is 0.243 e. The van der Waals surface area contributed by atoms with Crippen LogP contribution in [-0.4, -0.2) is 82.3 Å². The normalized spacial score (nSPS) is 15.0. The number of amides is 1. The summed E-state index contributed by atoms with van der Waals surface area (Å²) in [5, 5.41) is 6.60. The van der Waals surface area contributed by atoms with E-state index in [1.54, 1.807) is 26.1 Å². The van der Waals surface area contributed by atoms with E-state index < -0.39 is 0 Å². The molecule has 0 saturated carbocycles. The minimum absolute atomic E-state index is 0. The number of methoxy groups -OCH3 is 1. The summed E-state index contributed by atoms with van der Waals surface area (Å²) in [5.74, 6) is 1.23. The molecule has 0 unspecified atom stereocenters. The topological polar surface area (TPSA) is 82.1 Å². The van der Waals surface area contributed by atoms with Crippen LogP contribution in [0.1, 0.15) is 12.8 Å². The number of ether oxygens (including phenoxy) is 1. The van der Waals surface area contributed by atoms with Gasteiger partial charge in [-0.25, -0.2) is 4.99 Å². The first-order valence-corrected chi connectivity index (χ1v) is 9.46. The molecule has 1 fully saturated rings. The van der Waals surface area contributed by atoms with Crippen molar-refractivity contribution in [3.63, 3.8) is 0 Å². The molecule has 1 amide bonds. The fraction of sp³-hybridized carbons (Fsp3) is 0.632. The number of anilines is 1. The van der Waals surface area contributed by atoms with Crippen molar-refractivity contribution in [1.29, 1.82) is 0 Å². The van der Waals surface area contributed by atoms with Crippen molar-refractivity contribution in [2.24, 2.45) is 10.9 Å². The number of nitrogens with one attached hydrogen (secondary N) is 2. The molecule has 2 rings (SSSR count). The Hall–Kier alpha value is -1.62. The predicted octanol–water partition coefficient (Wildman–Crippen LogP) is 1.19. The Balaban J connectivity index is 0.00000392. The van der Waals surface area contributed by atoms with Crippen molar-refractivity contribution in [3.05, 3.63) is 24.5 Å². The van der Waals surface area contributed by atoms with E-state index in [4.69, 9.17) is 4.74 Å². The van der Waals surface area contributed by atoms with Gasteiger partial charge in [-0.1, -0.05) is 0 Å². The number of rotatable bonds is 8. The molecule has 1 aliphatic rings. The van der Waals surface area contributed by atoms with Gasteiger partial charge in [-0.2, -0.15) is 0 Å². The Kier molecular flexibility index (Phi) is 11.8. The van der Waals surface area contributed by atoms with E-state index >= 15 is 0 Å². The number of likely N-dealkylation sites (N-methyl/N-ethyl adjacent to an activating group) is 1. The quantitative estimate of drug-likeness (QED) is 0.240.